The summed E-state index contributed by atoms with van der Waals surface area (Å²) in [6.07, 6.45) is 4.01. The first kappa shape index (κ1) is 14.7. The molecule has 1 N–H and O–H groups in total. The van der Waals surface area contributed by atoms with Crippen LogP contribution in [0.25, 0.3) is 21.9 Å². The molecule has 5 nitrogen and oxygen atoms in total. The minimum atomic E-state index is -0.00900. The molecule has 0 radical (unpaired) electrons. The predicted octanol–water partition coefficient (Wildman–Crippen LogP) is 3.02. The van der Waals surface area contributed by atoms with Gasteiger partial charge in [0.25, 0.3) is 5.56 Å². The zero-order chi connectivity index (χ0) is 16.0. The summed E-state index contributed by atoms with van der Waals surface area (Å²) in [5.41, 5.74) is 2.14. The smallest absolute Gasteiger partial charge is 0.277 e. The van der Waals surface area contributed by atoms with Crippen LogP contribution in [0.4, 0.5) is 0 Å². The Morgan fingerprint density at radius 3 is 3.13 bits per heavy atom. The lowest BCUT2D eigenvalue weighted by Gasteiger charge is -2.23. The molecule has 3 aromatic rings. The van der Waals surface area contributed by atoms with Crippen molar-refractivity contribution in [2.75, 3.05) is 13.1 Å². The van der Waals surface area contributed by atoms with Crippen LogP contribution in [-0.2, 0) is 6.54 Å². The molecule has 1 aliphatic heterocycles. The molecule has 2 aromatic heterocycles. The standard InChI is InChI=1S/C17H19ClN4O/c1-2-21-7-3-4-12(21)9-22-10-19-15-13-8-11(18)5-6-14(13)20-16(15)17(22)23/h5-6,8,10,12,20H,2-4,7,9H2,1H3/t12-/m1/s1. The predicted molar refractivity (Wildman–Crippen MR) is 93.1 cm³/mol. The van der Waals surface area contributed by atoms with Gasteiger partial charge in [0.05, 0.1) is 6.33 Å². The number of likely N-dealkylation sites (tertiary alicyclic amines) is 1. The summed E-state index contributed by atoms with van der Waals surface area (Å²) in [5.74, 6) is 0. The molecule has 0 saturated carbocycles. The van der Waals surface area contributed by atoms with Crippen LogP contribution in [0.2, 0.25) is 5.02 Å². The van der Waals surface area contributed by atoms with Gasteiger partial charge in [-0.3, -0.25) is 14.3 Å². The lowest BCUT2D eigenvalue weighted by Crippen LogP contribution is -2.36. The van der Waals surface area contributed by atoms with E-state index in [1.807, 2.05) is 18.2 Å². The first-order valence-corrected chi connectivity index (χ1v) is 8.45. The van der Waals surface area contributed by atoms with Gasteiger partial charge in [0.1, 0.15) is 11.0 Å². The number of hydrogen-bond acceptors (Lipinski definition) is 3. The molecule has 0 unspecified atom stereocenters. The Bertz CT molecular complexity index is 929. The highest BCUT2D eigenvalue weighted by Gasteiger charge is 2.24. The molecular weight excluding hydrogens is 312 g/mol. The molecular formula is C17H19ClN4O. The Labute approximate surface area is 138 Å². The van der Waals surface area contributed by atoms with Crippen molar-refractivity contribution in [3.8, 4) is 0 Å². The first-order valence-electron chi connectivity index (χ1n) is 8.08. The molecule has 1 fully saturated rings. The van der Waals surface area contributed by atoms with Crippen LogP contribution in [0.15, 0.2) is 29.3 Å². The molecule has 1 atom stereocenters. The van der Waals surface area contributed by atoms with Crippen molar-refractivity contribution in [1.82, 2.24) is 19.4 Å². The molecule has 1 aliphatic rings. The van der Waals surface area contributed by atoms with Gasteiger partial charge in [0, 0.05) is 28.5 Å². The molecule has 1 saturated heterocycles. The van der Waals surface area contributed by atoms with E-state index in [0.717, 1.165) is 30.4 Å². The number of likely N-dealkylation sites (N-methyl/N-ethyl adjacent to an activating group) is 1. The lowest BCUT2D eigenvalue weighted by molar-refractivity contribution is 0.242. The number of aromatic nitrogens is 3. The van der Waals surface area contributed by atoms with E-state index in [4.69, 9.17) is 11.6 Å². The Morgan fingerprint density at radius 1 is 1.43 bits per heavy atom. The van der Waals surface area contributed by atoms with Crippen molar-refractivity contribution in [2.24, 2.45) is 0 Å². The van der Waals surface area contributed by atoms with Crippen LogP contribution in [0.5, 0.6) is 0 Å². The Morgan fingerprint density at radius 2 is 2.30 bits per heavy atom. The average molecular weight is 331 g/mol. The number of benzene rings is 1. The van der Waals surface area contributed by atoms with Crippen molar-refractivity contribution in [3.05, 3.63) is 39.9 Å². The third-order valence-electron chi connectivity index (χ3n) is 4.85. The van der Waals surface area contributed by atoms with E-state index in [-0.39, 0.29) is 5.56 Å². The summed E-state index contributed by atoms with van der Waals surface area (Å²) < 4.78 is 1.73. The van der Waals surface area contributed by atoms with Crippen LogP contribution >= 0.6 is 11.6 Å². The largest absolute Gasteiger partial charge is 0.349 e. The fourth-order valence-corrected chi connectivity index (χ4v) is 3.81. The highest BCUT2D eigenvalue weighted by atomic mass is 35.5. The molecule has 1 aromatic carbocycles. The van der Waals surface area contributed by atoms with E-state index in [1.165, 1.54) is 6.42 Å². The molecule has 4 rings (SSSR count). The summed E-state index contributed by atoms with van der Waals surface area (Å²) in [6.45, 7) is 5.02. The number of nitrogens with one attached hydrogen (secondary N) is 1. The van der Waals surface area contributed by atoms with Crippen molar-refractivity contribution >= 4 is 33.5 Å². The van der Waals surface area contributed by atoms with Gasteiger partial charge in [0.15, 0.2) is 0 Å². The minimum Gasteiger partial charge on any atom is -0.349 e. The van der Waals surface area contributed by atoms with E-state index < -0.39 is 0 Å². The van der Waals surface area contributed by atoms with Crippen molar-refractivity contribution in [3.63, 3.8) is 0 Å². The number of rotatable bonds is 3. The monoisotopic (exact) mass is 330 g/mol. The van der Waals surface area contributed by atoms with Crippen LogP contribution in [0.1, 0.15) is 19.8 Å². The molecule has 3 heterocycles. The maximum atomic E-state index is 12.8. The highest BCUT2D eigenvalue weighted by molar-refractivity contribution is 6.31. The van der Waals surface area contributed by atoms with Gasteiger partial charge in [-0.1, -0.05) is 18.5 Å². The summed E-state index contributed by atoms with van der Waals surface area (Å²) in [4.78, 5) is 23.0. The summed E-state index contributed by atoms with van der Waals surface area (Å²) in [6, 6.07) is 5.98. The molecule has 0 spiro atoms. The van der Waals surface area contributed by atoms with Gasteiger partial charge in [-0.2, -0.15) is 0 Å². The third kappa shape index (κ3) is 2.44. The number of aromatic amines is 1. The van der Waals surface area contributed by atoms with Crippen LogP contribution in [-0.4, -0.2) is 38.6 Å². The number of nitrogens with zero attached hydrogens (tertiary/aromatic N) is 3. The fraction of sp³-hybridized carbons (Fsp3) is 0.412. The van der Waals surface area contributed by atoms with E-state index in [9.17, 15) is 4.79 Å². The first-order chi connectivity index (χ1) is 11.2. The quantitative estimate of drug-likeness (QED) is 0.803. The van der Waals surface area contributed by atoms with E-state index in [1.54, 1.807) is 10.9 Å². The van der Waals surface area contributed by atoms with E-state index in [0.29, 0.717) is 28.6 Å². The Hall–Kier alpha value is -1.85. The van der Waals surface area contributed by atoms with Gasteiger partial charge < -0.3 is 4.98 Å². The Kier molecular flexibility index (Phi) is 3.62. The second-order valence-electron chi connectivity index (χ2n) is 6.17. The van der Waals surface area contributed by atoms with Gasteiger partial charge in [-0.05, 0) is 44.1 Å². The fourth-order valence-electron chi connectivity index (χ4n) is 3.64. The minimum absolute atomic E-state index is 0.00900. The Balaban J connectivity index is 1.79. The van der Waals surface area contributed by atoms with Crippen molar-refractivity contribution in [2.45, 2.75) is 32.4 Å². The van der Waals surface area contributed by atoms with Gasteiger partial charge in [0.2, 0.25) is 0 Å². The number of fused-ring (bicyclic) bond motifs is 3. The SMILES string of the molecule is CCN1CCC[C@@H]1Cn1cnc2c([nH]c3ccc(Cl)cc32)c1=O. The second-order valence-corrected chi connectivity index (χ2v) is 6.60. The summed E-state index contributed by atoms with van der Waals surface area (Å²) in [7, 11) is 0. The zero-order valence-corrected chi connectivity index (χ0v) is 13.8. The molecule has 6 heteroatoms. The van der Waals surface area contributed by atoms with E-state index >= 15 is 0 Å². The molecule has 0 aliphatic carbocycles. The third-order valence-corrected chi connectivity index (χ3v) is 5.08. The van der Waals surface area contributed by atoms with Gasteiger partial charge in [-0.25, -0.2) is 4.98 Å². The summed E-state index contributed by atoms with van der Waals surface area (Å²) >= 11 is 6.06. The molecule has 0 bridgehead atoms. The van der Waals surface area contributed by atoms with E-state index in [2.05, 4.69) is 21.8 Å². The van der Waals surface area contributed by atoms with Crippen molar-refractivity contribution < 1.29 is 0 Å². The highest BCUT2D eigenvalue weighted by Crippen LogP contribution is 2.25. The van der Waals surface area contributed by atoms with Crippen LogP contribution in [0, 0.1) is 0 Å². The number of H-pyrrole nitrogens is 1. The maximum Gasteiger partial charge on any atom is 0.277 e. The topological polar surface area (TPSA) is 53.9 Å². The average Bonchev–Trinajstić information content (AvgIpc) is 3.14. The summed E-state index contributed by atoms with van der Waals surface area (Å²) in [5, 5.41) is 1.54. The van der Waals surface area contributed by atoms with Gasteiger partial charge >= 0.3 is 0 Å². The lowest BCUT2D eigenvalue weighted by atomic mass is 10.2. The zero-order valence-electron chi connectivity index (χ0n) is 13.1. The van der Waals surface area contributed by atoms with Crippen molar-refractivity contribution in [1.29, 1.82) is 0 Å². The van der Waals surface area contributed by atoms with Crippen LogP contribution < -0.4 is 5.56 Å². The second kappa shape index (κ2) is 5.65. The molecule has 120 valence electrons. The number of hydrogen-bond donors (Lipinski definition) is 1. The van der Waals surface area contributed by atoms with Crippen LogP contribution in [0.3, 0.4) is 0 Å². The molecule has 23 heavy (non-hydrogen) atoms. The number of halogens is 1. The maximum absolute atomic E-state index is 12.8. The normalized spacial score (nSPS) is 19.1. The van der Waals surface area contributed by atoms with Gasteiger partial charge in [-0.15, -0.1) is 0 Å². The molecule has 0 amide bonds.